The molecule has 1 saturated heterocycles. The van der Waals surface area contributed by atoms with Gasteiger partial charge in [-0.05, 0) is 35.9 Å². The number of alkyl halides is 3. The fraction of sp³-hybridized carbons (Fsp3) is 0.316. The Balaban J connectivity index is 1.69. The molecule has 2 heterocycles. The molecule has 160 valence electrons. The lowest BCUT2D eigenvalue weighted by Crippen LogP contribution is -2.39. The van der Waals surface area contributed by atoms with Crippen LogP contribution >= 0.6 is 35.0 Å². The van der Waals surface area contributed by atoms with Crippen LogP contribution in [0.15, 0.2) is 47.5 Å². The smallest absolute Gasteiger partial charge is 0.313 e. The highest BCUT2D eigenvalue weighted by Gasteiger charge is 2.48. The van der Waals surface area contributed by atoms with E-state index >= 15 is 0 Å². The van der Waals surface area contributed by atoms with Crippen LogP contribution in [0.1, 0.15) is 11.1 Å². The first-order valence-corrected chi connectivity index (χ1v) is 12.4. The summed E-state index contributed by atoms with van der Waals surface area (Å²) in [6, 6.07) is 9.11. The summed E-state index contributed by atoms with van der Waals surface area (Å²) < 4.78 is 64.1. The molecule has 0 saturated carbocycles. The molecule has 11 heteroatoms. The molecular weight excluding hydrogens is 480 g/mol. The summed E-state index contributed by atoms with van der Waals surface area (Å²) in [7, 11) is -3.33. The van der Waals surface area contributed by atoms with Gasteiger partial charge in [0.2, 0.25) is 0 Å². The largest absolute Gasteiger partial charge is 0.416 e. The van der Waals surface area contributed by atoms with Gasteiger partial charge in [0.1, 0.15) is 0 Å². The Morgan fingerprint density at radius 2 is 1.80 bits per heavy atom. The SMILES string of the molecule is O=S1(=O)C[C@@H]2N=C(SCc3ccc(Cl)cc3)N(c3cc(C(F)(F)F)ccc3Cl)[C@H]2C1. The summed E-state index contributed by atoms with van der Waals surface area (Å²) in [5.41, 5.74) is 0.207. The predicted octanol–water partition coefficient (Wildman–Crippen LogP) is 5.29. The monoisotopic (exact) mass is 494 g/mol. The Kier molecular flexibility index (Phi) is 5.76. The standard InChI is InChI=1S/C19H15Cl2F3N2O2S2/c20-13-4-1-11(2-5-13)8-29-18-25-15-9-30(27,28)10-17(15)26(18)16-7-12(19(22,23)24)3-6-14(16)21/h1-7,15,17H,8-10H2/t15-,17-/m0/s1. The van der Waals surface area contributed by atoms with Crippen molar-refractivity contribution in [3.63, 3.8) is 0 Å². The first kappa shape index (κ1) is 21.8. The number of nitrogens with zero attached hydrogens (tertiary/aromatic N) is 2. The van der Waals surface area contributed by atoms with Crippen molar-refractivity contribution < 1.29 is 21.6 Å². The van der Waals surface area contributed by atoms with Crippen molar-refractivity contribution in [2.45, 2.75) is 24.0 Å². The Morgan fingerprint density at radius 3 is 2.47 bits per heavy atom. The van der Waals surface area contributed by atoms with Gasteiger partial charge in [0, 0.05) is 10.8 Å². The number of amidine groups is 1. The zero-order valence-corrected chi connectivity index (χ0v) is 18.4. The molecular formula is C19H15Cl2F3N2O2S2. The number of aliphatic imine (C=N–C) groups is 1. The highest BCUT2D eigenvalue weighted by atomic mass is 35.5. The van der Waals surface area contributed by atoms with Gasteiger partial charge in [0.05, 0.1) is 39.9 Å². The third-order valence-electron chi connectivity index (χ3n) is 4.92. The van der Waals surface area contributed by atoms with Crippen LogP contribution in [0.5, 0.6) is 0 Å². The molecule has 0 N–H and O–H groups in total. The number of hydrogen-bond acceptors (Lipinski definition) is 5. The van der Waals surface area contributed by atoms with Gasteiger partial charge in [-0.15, -0.1) is 0 Å². The molecule has 2 atom stereocenters. The maximum absolute atomic E-state index is 13.3. The van der Waals surface area contributed by atoms with Gasteiger partial charge in [-0.25, -0.2) is 8.42 Å². The molecule has 0 spiro atoms. The number of rotatable bonds is 3. The first-order valence-electron chi connectivity index (χ1n) is 8.85. The van der Waals surface area contributed by atoms with Crippen molar-refractivity contribution in [2.24, 2.45) is 4.99 Å². The molecule has 2 aliphatic rings. The Bertz CT molecular complexity index is 1110. The lowest BCUT2D eigenvalue weighted by Gasteiger charge is -2.28. The molecule has 0 aromatic heterocycles. The van der Waals surface area contributed by atoms with Crippen LogP contribution in [0.25, 0.3) is 0 Å². The van der Waals surface area contributed by atoms with E-state index in [0.717, 1.165) is 17.7 Å². The Hall–Kier alpha value is -1.42. The average molecular weight is 495 g/mol. The van der Waals surface area contributed by atoms with Crippen LogP contribution < -0.4 is 4.90 Å². The fourth-order valence-electron chi connectivity index (χ4n) is 3.52. The number of fused-ring (bicyclic) bond motifs is 1. The number of sulfone groups is 1. The van der Waals surface area contributed by atoms with Gasteiger partial charge < -0.3 is 4.90 Å². The van der Waals surface area contributed by atoms with Crippen molar-refractivity contribution in [3.8, 4) is 0 Å². The maximum atomic E-state index is 13.3. The van der Waals surface area contributed by atoms with E-state index in [-0.39, 0.29) is 22.2 Å². The van der Waals surface area contributed by atoms with Gasteiger partial charge in [-0.2, -0.15) is 13.2 Å². The van der Waals surface area contributed by atoms with Gasteiger partial charge in [0.15, 0.2) is 15.0 Å². The molecule has 0 aliphatic carbocycles. The minimum Gasteiger partial charge on any atom is -0.313 e. The summed E-state index contributed by atoms with van der Waals surface area (Å²) in [4.78, 5) is 6.08. The van der Waals surface area contributed by atoms with Crippen molar-refractivity contribution >= 4 is 55.7 Å². The average Bonchev–Trinajstić information content (AvgIpc) is 3.12. The second kappa shape index (κ2) is 7.93. The highest BCUT2D eigenvalue weighted by molar-refractivity contribution is 8.13. The molecule has 4 nitrogen and oxygen atoms in total. The minimum atomic E-state index is -4.55. The third-order valence-corrected chi connectivity index (χ3v) is 8.23. The van der Waals surface area contributed by atoms with Crippen LogP contribution in [0.4, 0.5) is 18.9 Å². The lowest BCUT2D eigenvalue weighted by molar-refractivity contribution is -0.137. The van der Waals surface area contributed by atoms with E-state index in [4.69, 9.17) is 23.2 Å². The lowest BCUT2D eigenvalue weighted by atomic mass is 10.1. The zero-order valence-electron chi connectivity index (χ0n) is 15.2. The topological polar surface area (TPSA) is 49.7 Å². The number of thioether (sulfide) groups is 1. The molecule has 4 rings (SSSR count). The quantitative estimate of drug-likeness (QED) is 0.581. The summed E-state index contributed by atoms with van der Waals surface area (Å²) in [5, 5.41) is 1.16. The van der Waals surface area contributed by atoms with Gasteiger partial charge in [-0.3, -0.25) is 4.99 Å². The normalized spacial score (nSPS) is 22.8. The van der Waals surface area contributed by atoms with Crippen LogP contribution in [-0.2, 0) is 21.8 Å². The maximum Gasteiger partial charge on any atom is 0.416 e. The number of hydrogen-bond donors (Lipinski definition) is 0. The van der Waals surface area contributed by atoms with Crippen LogP contribution in [0.3, 0.4) is 0 Å². The van der Waals surface area contributed by atoms with Crippen LogP contribution in [0.2, 0.25) is 10.0 Å². The number of anilines is 1. The van der Waals surface area contributed by atoms with Crippen LogP contribution in [-0.4, -0.2) is 37.2 Å². The molecule has 0 unspecified atom stereocenters. The van der Waals surface area contributed by atoms with Crippen molar-refractivity contribution in [3.05, 3.63) is 63.6 Å². The van der Waals surface area contributed by atoms with E-state index in [1.165, 1.54) is 17.8 Å². The predicted molar refractivity (Wildman–Crippen MR) is 115 cm³/mol. The third kappa shape index (κ3) is 4.44. The van der Waals surface area contributed by atoms with Crippen molar-refractivity contribution in [1.82, 2.24) is 0 Å². The summed E-state index contributed by atoms with van der Waals surface area (Å²) in [5.74, 6) is 0.184. The summed E-state index contributed by atoms with van der Waals surface area (Å²) >= 11 is 13.5. The molecule has 0 amide bonds. The fourth-order valence-corrected chi connectivity index (χ4v) is 6.77. The van der Waals surface area contributed by atoms with Crippen molar-refractivity contribution in [1.29, 1.82) is 0 Å². The van der Waals surface area contributed by atoms with Gasteiger partial charge in [0.25, 0.3) is 0 Å². The molecule has 0 bridgehead atoms. The highest BCUT2D eigenvalue weighted by Crippen LogP contribution is 2.41. The first-order chi connectivity index (χ1) is 14.0. The number of halogens is 5. The van der Waals surface area contributed by atoms with E-state index < -0.39 is 33.7 Å². The van der Waals surface area contributed by atoms with E-state index in [0.29, 0.717) is 15.9 Å². The van der Waals surface area contributed by atoms with E-state index in [1.807, 2.05) is 12.1 Å². The molecule has 2 aromatic carbocycles. The second-order valence-electron chi connectivity index (χ2n) is 7.07. The minimum absolute atomic E-state index is 0.104. The number of benzene rings is 2. The molecule has 30 heavy (non-hydrogen) atoms. The molecule has 2 aromatic rings. The zero-order chi connectivity index (χ0) is 21.7. The van der Waals surface area contributed by atoms with E-state index in [1.54, 1.807) is 17.0 Å². The summed E-state index contributed by atoms with van der Waals surface area (Å²) in [6.45, 7) is 0. The molecule has 0 radical (unpaired) electrons. The Labute approximate surface area is 186 Å². The van der Waals surface area contributed by atoms with E-state index in [9.17, 15) is 21.6 Å². The van der Waals surface area contributed by atoms with E-state index in [2.05, 4.69) is 4.99 Å². The Morgan fingerprint density at radius 1 is 1.10 bits per heavy atom. The molecule has 2 aliphatic heterocycles. The van der Waals surface area contributed by atoms with Crippen molar-refractivity contribution in [2.75, 3.05) is 16.4 Å². The second-order valence-corrected chi connectivity index (χ2v) is 11.0. The van der Waals surface area contributed by atoms with Crippen LogP contribution in [0, 0.1) is 0 Å². The molecule has 1 fully saturated rings. The van der Waals surface area contributed by atoms with Gasteiger partial charge in [-0.1, -0.05) is 47.1 Å². The van der Waals surface area contributed by atoms with Gasteiger partial charge >= 0.3 is 6.18 Å². The summed E-state index contributed by atoms with van der Waals surface area (Å²) in [6.07, 6.45) is -4.55.